The first kappa shape index (κ1) is 19.3. The van der Waals surface area contributed by atoms with E-state index in [0.29, 0.717) is 41.4 Å². The van der Waals surface area contributed by atoms with Crippen molar-refractivity contribution in [3.8, 4) is 17.5 Å². The number of hydrogen-bond donors (Lipinski definition) is 1. The smallest absolute Gasteiger partial charge is 0.253 e. The van der Waals surface area contributed by atoms with E-state index in [4.69, 9.17) is 5.73 Å². The van der Waals surface area contributed by atoms with Crippen LogP contribution in [0.15, 0.2) is 30.6 Å². The summed E-state index contributed by atoms with van der Waals surface area (Å²) in [6, 6.07) is 9.04. The molecule has 1 aliphatic heterocycles. The Morgan fingerprint density at radius 2 is 2.07 bits per heavy atom. The molecule has 1 fully saturated rings. The highest BCUT2D eigenvalue weighted by molar-refractivity contribution is 6.02. The molecule has 4 rings (SSSR count). The molecule has 0 aliphatic carbocycles. The molecular weight excluding hydrogens is 384 g/mol. The van der Waals surface area contributed by atoms with Gasteiger partial charge in [0, 0.05) is 20.0 Å². The number of nitrogen functional groups attached to an aromatic ring is 1. The van der Waals surface area contributed by atoms with Gasteiger partial charge in [-0.1, -0.05) is 6.07 Å². The Morgan fingerprint density at radius 1 is 1.30 bits per heavy atom. The third-order valence-electron chi connectivity index (χ3n) is 5.35. The average Bonchev–Trinajstić information content (AvgIpc) is 3.10. The van der Waals surface area contributed by atoms with E-state index in [9.17, 15) is 14.9 Å². The van der Waals surface area contributed by atoms with Crippen LogP contribution in [0.4, 0.5) is 11.6 Å². The molecule has 0 bridgehead atoms. The van der Waals surface area contributed by atoms with Crippen LogP contribution in [0, 0.1) is 11.3 Å². The summed E-state index contributed by atoms with van der Waals surface area (Å²) < 4.78 is 1.52. The standard InChI is InChI=1S/C20H20N8O2/c1-12(29)27-8-7-26(19(30)20(27,2)3)16-6-4-5-14(25-16)15-9-13(10-21)17-18(22)23-11-24-28(15)17/h4-6,9,11H,7-8H2,1-3H3,(H2,22,23,24). The second kappa shape index (κ2) is 6.81. The minimum atomic E-state index is -0.973. The summed E-state index contributed by atoms with van der Waals surface area (Å²) in [7, 11) is 0. The number of hydrogen-bond acceptors (Lipinski definition) is 7. The van der Waals surface area contributed by atoms with E-state index in [1.807, 2.05) is 0 Å². The molecule has 0 saturated carbocycles. The largest absolute Gasteiger partial charge is 0.382 e. The first-order valence-electron chi connectivity index (χ1n) is 9.35. The molecule has 1 saturated heterocycles. The molecule has 152 valence electrons. The van der Waals surface area contributed by atoms with Crippen molar-refractivity contribution < 1.29 is 9.59 Å². The zero-order valence-corrected chi connectivity index (χ0v) is 16.8. The fourth-order valence-corrected chi connectivity index (χ4v) is 3.85. The molecule has 30 heavy (non-hydrogen) atoms. The second-order valence-corrected chi connectivity index (χ2v) is 7.53. The molecule has 4 heterocycles. The maximum absolute atomic E-state index is 13.1. The minimum Gasteiger partial charge on any atom is -0.382 e. The third kappa shape index (κ3) is 2.83. The third-order valence-corrected chi connectivity index (χ3v) is 5.35. The van der Waals surface area contributed by atoms with Gasteiger partial charge in [-0.25, -0.2) is 14.5 Å². The van der Waals surface area contributed by atoms with Gasteiger partial charge in [-0.05, 0) is 32.0 Å². The lowest BCUT2D eigenvalue weighted by atomic mass is 9.97. The molecule has 1 aliphatic rings. The number of nitriles is 1. The maximum atomic E-state index is 13.1. The number of carbonyl (C=O) groups excluding carboxylic acids is 2. The number of pyridine rings is 1. The molecule has 0 atom stereocenters. The zero-order valence-electron chi connectivity index (χ0n) is 16.8. The zero-order chi connectivity index (χ0) is 21.6. The maximum Gasteiger partial charge on any atom is 0.253 e. The van der Waals surface area contributed by atoms with Gasteiger partial charge in [-0.3, -0.25) is 14.5 Å². The number of nitrogens with two attached hydrogens (primary N) is 1. The number of fused-ring (bicyclic) bond motifs is 1. The normalized spacial score (nSPS) is 16.0. The van der Waals surface area contributed by atoms with Gasteiger partial charge in [0.05, 0.1) is 17.0 Å². The van der Waals surface area contributed by atoms with Gasteiger partial charge in [0.1, 0.15) is 29.3 Å². The molecular formula is C20H20N8O2. The first-order valence-corrected chi connectivity index (χ1v) is 9.35. The highest BCUT2D eigenvalue weighted by atomic mass is 16.2. The van der Waals surface area contributed by atoms with Crippen LogP contribution in [0.25, 0.3) is 16.9 Å². The predicted molar refractivity (Wildman–Crippen MR) is 109 cm³/mol. The first-order chi connectivity index (χ1) is 14.3. The van der Waals surface area contributed by atoms with Gasteiger partial charge < -0.3 is 10.6 Å². The van der Waals surface area contributed by atoms with Crippen molar-refractivity contribution in [1.82, 2.24) is 24.5 Å². The number of piperazine rings is 1. The van der Waals surface area contributed by atoms with Crippen LogP contribution in [0.2, 0.25) is 0 Å². The van der Waals surface area contributed by atoms with Crippen molar-refractivity contribution in [2.75, 3.05) is 23.7 Å². The number of carbonyl (C=O) groups is 2. The highest BCUT2D eigenvalue weighted by Gasteiger charge is 2.44. The fourth-order valence-electron chi connectivity index (χ4n) is 3.85. The van der Waals surface area contributed by atoms with Crippen LogP contribution in [-0.2, 0) is 9.59 Å². The van der Waals surface area contributed by atoms with Crippen LogP contribution in [0.1, 0.15) is 26.3 Å². The van der Waals surface area contributed by atoms with Crippen molar-refractivity contribution >= 4 is 29.0 Å². The molecule has 0 aromatic carbocycles. The molecule has 10 heteroatoms. The van der Waals surface area contributed by atoms with E-state index in [0.717, 1.165) is 0 Å². The summed E-state index contributed by atoms with van der Waals surface area (Å²) in [6.45, 7) is 5.67. The Balaban J connectivity index is 1.78. The number of aromatic nitrogens is 4. The SMILES string of the molecule is CC(=O)N1CCN(c2cccc(-c3cc(C#N)c4c(N)ncnn34)n2)C(=O)C1(C)C. The van der Waals surface area contributed by atoms with Gasteiger partial charge >= 0.3 is 0 Å². The predicted octanol–water partition coefficient (Wildman–Crippen LogP) is 1.22. The van der Waals surface area contributed by atoms with E-state index in [1.54, 1.807) is 47.9 Å². The van der Waals surface area contributed by atoms with Gasteiger partial charge in [-0.2, -0.15) is 10.4 Å². The van der Waals surface area contributed by atoms with Gasteiger partial charge in [-0.15, -0.1) is 0 Å². The second-order valence-electron chi connectivity index (χ2n) is 7.53. The van der Waals surface area contributed by atoms with Crippen LogP contribution < -0.4 is 10.6 Å². The Labute approximate surface area is 172 Å². The van der Waals surface area contributed by atoms with E-state index >= 15 is 0 Å². The van der Waals surface area contributed by atoms with Crippen LogP contribution in [-0.4, -0.2) is 54.9 Å². The van der Waals surface area contributed by atoms with E-state index in [2.05, 4.69) is 21.1 Å². The Bertz CT molecular complexity index is 1220. The van der Waals surface area contributed by atoms with Gasteiger partial charge in [0.25, 0.3) is 5.91 Å². The van der Waals surface area contributed by atoms with Crippen molar-refractivity contribution in [3.63, 3.8) is 0 Å². The molecule has 2 N–H and O–H groups in total. The van der Waals surface area contributed by atoms with E-state index in [1.165, 1.54) is 17.8 Å². The van der Waals surface area contributed by atoms with Crippen LogP contribution in [0.3, 0.4) is 0 Å². The Morgan fingerprint density at radius 3 is 2.77 bits per heavy atom. The van der Waals surface area contributed by atoms with Crippen molar-refractivity contribution in [2.45, 2.75) is 26.3 Å². The van der Waals surface area contributed by atoms with Gasteiger partial charge in [0.15, 0.2) is 5.82 Å². The molecule has 0 radical (unpaired) electrons. The lowest BCUT2D eigenvalue weighted by molar-refractivity contribution is -0.145. The average molecular weight is 404 g/mol. The van der Waals surface area contributed by atoms with Crippen molar-refractivity contribution in [3.05, 3.63) is 36.2 Å². The molecule has 0 spiro atoms. The summed E-state index contributed by atoms with van der Waals surface area (Å²) >= 11 is 0. The molecule has 10 nitrogen and oxygen atoms in total. The van der Waals surface area contributed by atoms with Crippen LogP contribution >= 0.6 is 0 Å². The number of rotatable bonds is 2. The molecule has 2 amide bonds. The van der Waals surface area contributed by atoms with Gasteiger partial charge in [0.2, 0.25) is 5.91 Å². The van der Waals surface area contributed by atoms with Crippen molar-refractivity contribution in [1.29, 1.82) is 5.26 Å². The minimum absolute atomic E-state index is 0.143. The fraction of sp³-hybridized carbons (Fsp3) is 0.300. The van der Waals surface area contributed by atoms with E-state index in [-0.39, 0.29) is 17.6 Å². The lowest BCUT2D eigenvalue weighted by Gasteiger charge is -2.45. The number of anilines is 2. The van der Waals surface area contributed by atoms with E-state index < -0.39 is 5.54 Å². The van der Waals surface area contributed by atoms with Crippen molar-refractivity contribution in [2.24, 2.45) is 0 Å². The summed E-state index contributed by atoms with van der Waals surface area (Å²) in [4.78, 5) is 36.8. The Hall–Kier alpha value is -4.00. The monoisotopic (exact) mass is 404 g/mol. The molecule has 3 aromatic rings. The summed E-state index contributed by atoms with van der Waals surface area (Å²) in [5.41, 5.74) is 6.79. The highest BCUT2D eigenvalue weighted by Crippen LogP contribution is 2.30. The molecule has 0 unspecified atom stereocenters. The number of nitrogens with zero attached hydrogens (tertiary/aromatic N) is 7. The van der Waals surface area contributed by atoms with Crippen LogP contribution in [0.5, 0.6) is 0 Å². The summed E-state index contributed by atoms with van der Waals surface area (Å²) in [5, 5.41) is 13.7. The summed E-state index contributed by atoms with van der Waals surface area (Å²) in [6.07, 6.45) is 1.31. The quantitative estimate of drug-likeness (QED) is 0.679. The lowest BCUT2D eigenvalue weighted by Crippen LogP contribution is -2.64. The summed E-state index contributed by atoms with van der Waals surface area (Å²) in [5.74, 6) is 0.305. The molecule has 3 aromatic heterocycles. The number of amides is 2. The topological polar surface area (TPSA) is 134 Å². The Kier molecular flexibility index (Phi) is 4.38.